The maximum atomic E-state index is 5.62. The largest absolute Gasteiger partial charge is 0.468 e. The van der Waals surface area contributed by atoms with Gasteiger partial charge in [-0.25, -0.2) is 0 Å². The van der Waals surface area contributed by atoms with Crippen LogP contribution in [0, 0.1) is 0 Å². The highest BCUT2D eigenvalue weighted by Crippen LogP contribution is 2.29. The molecule has 0 saturated carbocycles. The van der Waals surface area contributed by atoms with Crippen LogP contribution >= 0.6 is 0 Å². The van der Waals surface area contributed by atoms with E-state index < -0.39 is 0 Å². The zero-order valence-corrected chi connectivity index (χ0v) is 12.1. The molecular weight excluding hydrogens is 248 g/mol. The van der Waals surface area contributed by atoms with Gasteiger partial charge in [0.25, 0.3) is 0 Å². The first-order valence-corrected chi connectivity index (χ1v) is 7.47. The summed E-state index contributed by atoms with van der Waals surface area (Å²) in [5, 5.41) is 3.41. The van der Waals surface area contributed by atoms with E-state index in [2.05, 4.69) is 47.5 Å². The average molecular weight is 270 g/mol. The molecule has 0 amide bonds. The van der Waals surface area contributed by atoms with E-state index in [1.807, 2.05) is 0 Å². The van der Waals surface area contributed by atoms with Gasteiger partial charge in [0.15, 0.2) is 0 Å². The van der Waals surface area contributed by atoms with Crippen LogP contribution in [0.4, 0.5) is 5.69 Å². The molecule has 0 saturated heterocycles. The van der Waals surface area contributed by atoms with Gasteiger partial charge in [-0.1, -0.05) is 25.1 Å². The first-order valence-electron chi connectivity index (χ1n) is 7.47. The molecule has 0 bridgehead atoms. The average Bonchev–Trinajstić information content (AvgIpc) is 3.08. The van der Waals surface area contributed by atoms with Crippen LogP contribution in [-0.4, -0.2) is 13.1 Å². The lowest BCUT2D eigenvalue weighted by Gasteiger charge is -2.19. The first kappa shape index (κ1) is 13.3. The van der Waals surface area contributed by atoms with E-state index in [1.165, 1.54) is 16.8 Å². The summed E-state index contributed by atoms with van der Waals surface area (Å²) in [7, 11) is 0. The third-order valence-corrected chi connectivity index (χ3v) is 3.89. The Kier molecular flexibility index (Phi) is 4.07. The normalized spacial score (nSPS) is 13.8. The minimum atomic E-state index is 0.825. The quantitative estimate of drug-likeness (QED) is 0.816. The van der Waals surface area contributed by atoms with Crippen molar-refractivity contribution in [3.05, 3.63) is 53.5 Å². The van der Waals surface area contributed by atoms with Crippen LogP contribution in [0.2, 0.25) is 0 Å². The minimum Gasteiger partial charge on any atom is -0.468 e. The van der Waals surface area contributed by atoms with Crippen molar-refractivity contribution in [2.75, 3.05) is 18.0 Å². The molecule has 3 rings (SSSR count). The lowest BCUT2D eigenvalue weighted by molar-refractivity contribution is 0.478. The molecule has 1 N–H and O–H groups in total. The van der Waals surface area contributed by atoms with Gasteiger partial charge in [0.2, 0.25) is 0 Å². The number of nitrogens with zero attached hydrogens (tertiary/aromatic N) is 1. The van der Waals surface area contributed by atoms with Gasteiger partial charge in [0.1, 0.15) is 5.76 Å². The van der Waals surface area contributed by atoms with Gasteiger partial charge in [-0.2, -0.15) is 0 Å². The van der Waals surface area contributed by atoms with Crippen molar-refractivity contribution in [3.63, 3.8) is 0 Å². The highest BCUT2D eigenvalue weighted by molar-refractivity contribution is 5.58. The number of para-hydroxylation sites is 1. The fourth-order valence-electron chi connectivity index (χ4n) is 2.82. The third-order valence-electron chi connectivity index (χ3n) is 3.89. The van der Waals surface area contributed by atoms with Crippen molar-refractivity contribution >= 4 is 5.69 Å². The van der Waals surface area contributed by atoms with E-state index in [-0.39, 0.29) is 0 Å². The summed E-state index contributed by atoms with van der Waals surface area (Å²) in [6, 6.07) is 10.8. The Morgan fingerprint density at radius 2 is 2.15 bits per heavy atom. The first-order chi connectivity index (χ1) is 9.88. The maximum absolute atomic E-state index is 5.62. The SMILES string of the molecule is CCCNCc1occc1CN1CCc2ccccc21. The summed E-state index contributed by atoms with van der Waals surface area (Å²) in [6.07, 6.45) is 4.10. The van der Waals surface area contributed by atoms with Gasteiger partial charge in [0.05, 0.1) is 12.8 Å². The highest BCUT2D eigenvalue weighted by Gasteiger charge is 2.19. The highest BCUT2D eigenvalue weighted by atomic mass is 16.3. The molecule has 0 spiro atoms. The van der Waals surface area contributed by atoms with Crippen LogP contribution in [0.5, 0.6) is 0 Å². The third kappa shape index (κ3) is 2.73. The van der Waals surface area contributed by atoms with E-state index >= 15 is 0 Å². The van der Waals surface area contributed by atoms with Gasteiger partial charge in [-0.15, -0.1) is 0 Å². The monoisotopic (exact) mass is 270 g/mol. The van der Waals surface area contributed by atoms with Crippen LogP contribution in [0.1, 0.15) is 30.2 Å². The van der Waals surface area contributed by atoms with E-state index in [0.29, 0.717) is 0 Å². The van der Waals surface area contributed by atoms with Crippen molar-refractivity contribution in [1.82, 2.24) is 5.32 Å². The standard InChI is InChI=1S/C17H22N2O/c1-2-9-18-12-17-15(8-11-20-17)13-19-10-7-14-5-3-4-6-16(14)19/h3-6,8,11,18H,2,7,9-10,12-13H2,1H3. The maximum Gasteiger partial charge on any atom is 0.122 e. The van der Waals surface area contributed by atoms with Crippen LogP contribution in [0.25, 0.3) is 0 Å². The molecule has 106 valence electrons. The molecule has 1 aliphatic rings. The molecule has 3 nitrogen and oxygen atoms in total. The molecule has 1 aromatic carbocycles. The van der Waals surface area contributed by atoms with E-state index in [9.17, 15) is 0 Å². The zero-order valence-electron chi connectivity index (χ0n) is 12.1. The molecule has 0 atom stereocenters. The van der Waals surface area contributed by atoms with Crippen LogP contribution in [0.15, 0.2) is 41.0 Å². The zero-order chi connectivity index (χ0) is 13.8. The molecule has 2 aromatic rings. The summed E-state index contributed by atoms with van der Waals surface area (Å²) in [5.41, 5.74) is 4.13. The Morgan fingerprint density at radius 1 is 1.25 bits per heavy atom. The summed E-state index contributed by atoms with van der Waals surface area (Å²) in [4.78, 5) is 2.45. The second-order valence-corrected chi connectivity index (χ2v) is 5.35. The summed E-state index contributed by atoms with van der Waals surface area (Å²) < 4.78 is 5.62. The molecule has 0 fully saturated rings. The van der Waals surface area contributed by atoms with Crippen molar-refractivity contribution in [2.45, 2.75) is 32.9 Å². The van der Waals surface area contributed by atoms with Crippen molar-refractivity contribution in [1.29, 1.82) is 0 Å². The number of fused-ring (bicyclic) bond motifs is 1. The number of benzene rings is 1. The number of hydrogen-bond donors (Lipinski definition) is 1. The number of rotatable bonds is 6. The van der Waals surface area contributed by atoms with Crippen LogP contribution in [0.3, 0.4) is 0 Å². The summed E-state index contributed by atoms with van der Waals surface area (Å²) in [6.45, 7) is 6.08. The minimum absolute atomic E-state index is 0.825. The topological polar surface area (TPSA) is 28.4 Å². The van der Waals surface area contributed by atoms with Crippen molar-refractivity contribution in [2.24, 2.45) is 0 Å². The van der Waals surface area contributed by atoms with Gasteiger partial charge in [0, 0.05) is 24.3 Å². The number of nitrogens with one attached hydrogen (secondary N) is 1. The predicted molar refractivity (Wildman–Crippen MR) is 81.9 cm³/mol. The molecule has 3 heteroatoms. The number of hydrogen-bond acceptors (Lipinski definition) is 3. The van der Waals surface area contributed by atoms with Crippen LogP contribution in [-0.2, 0) is 19.5 Å². The molecule has 2 heterocycles. The molecule has 20 heavy (non-hydrogen) atoms. The Hall–Kier alpha value is -1.74. The predicted octanol–water partition coefficient (Wildman–Crippen LogP) is 3.34. The van der Waals surface area contributed by atoms with Gasteiger partial charge < -0.3 is 14.6 Å². The smallest absolute Gasteiger partial charge is 0.122 e. The lowest BCUT2D eigenvalue weighted by Crippen LogP contribution is -2.21. The Labute approximate surface area is 120 Å². The second-order valence-electron chi connectivity index (χ2n) is 5.35. The fourth-order valence-corrected chi connectivity index (χ4v) is 2.82. The summed E-state index contributed by atoms with van der Waals surface area (Å²) in [5.74, 6) is 1.07. The molecular formula is C17H22N2O. The molecule has 1 aliphatic heterocycles. The fraction of sp³-hybridized carbons (Fsp3) is 0.412. The van der Waals surface area contributed by atoms with Gasteiger partial charge in [-0.05, 0) is 37.1 Å². The number of furan rings is 1. The molecule has 0 unspecified atom stereocenters. The second kappa shape index (κ2) is 6.14. The Bertz CT molecular complexity index is 562. The Balaban J connectivity index is 1.69. The van der Waals surface area contributed by atoms with Crippen molar-refractivity contribution in [3.8, 4) is 0 Å². The molecule has 1 aromatic heterocycles. The molecule has 0 radical (unpaired) electrons. The lowest BCUT2D eigenvalue weighted by atomic mass is 10.2. The van der Waals surface area contributed by atoms with Gasteiger partial charge >= 0.3 is 0 Å². The van der Waals surface area contributed by atoms with E-state index in [4.69, 9.17) is 4.42 Å². The Morgan fingerprint density at radius 3 is 3.05 bits per heavy atom. The van der Waals surface area contributed by atoms with Gasteiger partial charge in [-0.3, -0.25) is 0 Å². The number of anilines is 1. The summed E-state index contributed by atoms with van der Waals surface area (Å²) >= 11 is 0. The molecule has 0 aliphatic carbocycles. The van der Waals surface area contributed by atoms with E-state index in [1.54, 1.807) is 6.26 Å². The van der Waals surface area contributed by atoms with E-state index in [0.717, 1.165) is 44.8 Å². The van der Waals surface area contributed by atoms with Crippen LogP contribution < -0.4 is 10.2 Å². The van der Waals surface area contributed by atoms with Crippen molar-refractivity contribution < 1.29 is 4.42 Å².